The third-order valence-electron chi connectivity index (χ3n) is 24.6. The van der Waals surface area contributed by atoms with E-state index in [1.54, 1.807) is 49.9 Å². The number of hydrogen-bond donors (Lipinski definition) is 6. The summed E-state index contributed by atoms with van der Waals surface area (Å²) in [5.74, 6) is -11.4. The molecule has 6 aromatic rings. The standard InChI is InChI=1S/2C28H24.2C14H22O9.2C13H20O10/c1-2-10-18-17(9-1)25-19-11-3-4-12-20(19)26(18)28-23-15-7-5-13-21(23)27(25)22-14-6-8-16-24(22)28;1-5-13-21(14-6-1)25-26(22-15-7-2-8-16-22)28(24-19-11-4-12-20-24)27(25)23-17-9-3-10-18-23;2*1-7(2)12(17)22-9(4)13(18)23-10(6-20-5)14(19)21-8(3)11(15)16;2*1-6(14)11(17)22-8(3)12(18)23-9(5-20-4)13(19)21-7(2)10(15)16/h1-18,21,23,25-28H;1-20,25-28H;2*7-10H,6H2,1-5H3,(H,15,16);2*6-9,14H,5H2,1-4H3,(H,15,16). The average molecular weight is 2060 g/mol. The monoisotopic (exact) mass is 2060 g/mol. The number of aliphatic carboxylic acids is 4. The van der Waals surface area contributed by atoms with Crippen molar-refractivity contribution < 1.29 is 183 Å². The normalized spacial score (nSPS) is 21.5. The molecule has 4 bridgehead atoms. The zero-order valence-corrected chi connectivity index (χ0v) is 85.5. The van der Waals surface area contributed by atoms with E-state index in [0.29, 0.717) is 71.0 Å². The van der Waals surface area contributed by atoms with Gasteiger partial charge in [0, 0.05) is 28.4 Å². The van der Waals surface area contributed by atoms with Gasteiger partial charge in [0.1, 0.15) is 12.2 Å². The summed E-state index contributed by atoms with van der Waals surface area (Å²) in [6.07, 6.45) is -0.451. The minimum atomic E-state index is -1.53. The largest absolute Gasteiger partial charge is 0.479 e. The second-order valence-corrected chi connectivity index (χ2v) is 36.1. The summed E-state index contributed by atoms with van der Waals surface area (Å²) in [7, 11) is 4.98. The van der Waals surface area contributed by atoms with E-state index < -0.39 is 193 Å². The van der Waals surface area contributed by atoms with Crippen molar-refractivity contribution in [3.63, 3.8) is 0 Å². The van der Waals surface area contributed by atoms with E-state index in [-0.39, 0.29) is 26.4 Å². The molecule has 6 aromatic carbocycles. The molecule has 38 heteroatoms. The number of carbonyl (C=O) groups is 16. The first-order chi connectivity index (χ1) is 70.2. The van der Waals surface area contributed by atoms with Crippen LogP contribution in [0.5, 0.6) is 0 Å². The van der Waals surface area contributed by atoms with Crippen LogP contribution in [0.2, 0.25) is 0 Å². The zero-order chi connectivity index (χ0) is 110. The number of hydrogen-bond acceptors (Lipinski definition) is 34. The molecule has 6 N–H and O–H groups in total. The molecule has 2 saturated carbocycles. The van der Waals surface area contributed by atoms with Crippen molar-refractivity contribution in [2.24, 2.45) is 35.5 Å². The van der Waals surface area contributed by atoms with Crippen LogP contribution in [0.3, 0.4) is 0 Å². The maximum Gasteiger partial charge on any atom is 0.350 e. The lowest BCUT2D eigenvalue weighted by Crippen LogP contribution is -2.48. The van der Waals surface area contributed by atoms with E-state index in [4.69, 9.17) is 78.0 Å². The molecule has 0 saturated heterocycles. The maximum absolute atomic E-state index is 11.8. The number of aliphatic hydroxyl groups is 2. The molecule has 0 spiro atoms. The van der Waals surface area contributed by atoms with Gasteiger partial charge in [-0.05, 0) is 185 Å². The molecule has 22 atom stereocenters. The molecule has 0 aromatic heterocycles. The van der Waals surface area contributed by atoms with Gasteiger partial charge >= 0.3 is 95.5 Å². The van der Waals surface area contributed by atoms with Gasteiger partial charge in [0.25, 0.3) is 0 Å². The summed E-state index contributed by atoms with van der Waals surface area (Å²) in [6, 6.07) is 63.1. The SMILES string of the molecule is C1=CC2C(C=C1)C1c3ccccc3C2C2c3ccccc3C1C1C=CC=CC12.COCC(OC(=O)C(C)OC(=O)C(C)C)C(=O)OC(C)C(=O)O.COCC(OC(=O)C(C)OC(=O)C(C)C)C(=O)OC(C)C(=O)O.COCC(OC(=O)C(C)OC(=O)C(C)O)C(=O)OC(C)C(=O)O.COCC(OC(=O)C(C)OC(=O)C(C)O)C(=O)OC(C)C(=O)O.c1ccc(C2C(c3ccccc3)C(c3ccccc3)C2c2ccccc2)cc1. The highest BCUT2D eigenvalue weighted by molar-refractivity contribution is 5.89. The van der Waals surface area contributed by atoms with E-state index in [9.17, 15) is 76.7 Å². The summed E-state index contributed by atoms with van der Waals surface area (Å²) >= 11 is 0. The van der Waals surface area contributed by atoms with Crippen LogP contribution in [0.1, 0.15) is 189 Å². The molecule has 38 nitrogen and oxygen atoms in total. The van der Waals surface area contributed by atoms with E-state index >= 15 is 0 Å². The average Bonchev–Trinajstić information content (AvgIpc) is 1.64. The van der Waals surface area contributed by atoms with Gasteiger partial charge in [-0.3, -0.25) is 9.59 Å². The Labute approximate surface area is 857 Å². The van der Waals surface area contributed by atoms with Crippen molar-refractivity contribution >= 4 is 95.5 Å². The summed E-state index contributed by atoms with van der Waals surface area (Å²) in [5.41, 5.74) is 12.3. The Hall–Kier alpha value is -14.4. The molecule has 9 aliphatic carbocycles. The van der Waals surface area contributed by atoms with Crippen LogP contribution < -0.4 is 0 Å². The first-order valence-corrected chi connectivity index (χ1v) is 48.0. The lowest BCUT2D eigenvalue weighted by Gasteiger charge is -2.59. The van der Waals surface area contributed by atoms with Crippen molar-refractivity contribution in [3.8, 4) is 0 Å². The van der Waals surface area contributed by atoms with Crippen LogP contribution in [-0.2, 0) is 153 Å². The van der Waals surface area contributed by atoms with Gasteiger partial charge in [0.05, 0.1) is 38.3 Å². The van der Waals surface area contributed by atoms with Gasteiger partial charge in [-0.15, -0.1) is 0 Å². The van der Waals surface area contributed by atoms with Gasteiger partial charge in [0.15, 0.2) is 48.8 Å². The number of allylic oxidation sites excluding steroid dienone is 8. The lowest BCUT2D eigenvalue weighted by atomic mass is 9.44. The Morgan fingerprint density at radius 2 is 0.385 bits per heavy atom. The van der Waals surface area contributed by atoms with Crippen LogP contribution >= 0.6 is 0 Å². The summed E-state index contributed by atoms with van der Waals surface area (Å²) in [5, 5.41) is 52.7. The molecule has 148 heavy (non-hydrogen) atoms. The van der Waals surface area contributed by atoms with Crippen molar-refractivity contribution in [2.75, 3.05) is 54.9 Å². The molecule has 9 aliphatic rings. The van der Waals surface area contributed by atoms with E-state index in [1.165, 1.54) is 78.4 Å². The van der Waals surface area contributed by atoms with Crippen molar-refractivity contribution in [3.05, 3.63) is 263 Å². The summed E-state index contributed by atoms with van der Waals surface area (Å²) < 4.78 is 75.5. The highest BCUT2D eigenvalue weighted by atomic mass is 16.7. The van der Waals surface area contributed by atoms with Crippen molar-refractivity contribution in [2.45, 2.75) is 230 Å². The van der Waals surface area contributed by atoms with Crippen molar-refractivity contribution in [1.29, 1.82) is 0 Å². The highest BCUT2D eigenvalue weighted by Gasteiger charge is 2.58. The van der Waals surface area contributed by atoms with Crippen LogP contribution in [0.4, 0.5) is 0 Å². The van der Waals surface area contributed by atoms with Gasteiger partial charge in [-0.2, -0.15) is 0 Å². The predicted molar refractivity (Wildman–Crippen MR) is 526 cm³/mol. The van der Waals surface area contributed by atoms with Gasteiger partial charge in [-0.25, -0.2) is 67.1 Å². The fourth-order valence-corrected chi connectivity index (χ4v) is 17.3. The maximum atomic E-state index is 11.8. The van der Waals surface area contributed by atoms with E-state index in [0.717, 1.165) is 41.5 Å². The van der Waals surface area contributed by atoms with Gasteiger partial charge in [-0.1, -0.05) is 246 Å². The fourth-order valence-electron chi connectivity index (χ4n) is 17.3. The smallest absolute Gasteiger partial charge is 0.350 e. The third-order valence-corrected chi connectivity index (χ3v) is 24.6. The zero-order valence-electron chi connectivity index (χ0n) is 85.5. The number of esters is 12. The number of aliphatic hydroxyl groups excluding tert-OH is 2. The second kappa shape index (κ2) is 58.8. The molecule has 0 aliphatic heterocycles. The van der Waals surface area contributed by atoms with Gasteiger partial charge in [0.2, 0.25) is 24.4 Å². The summed E-state index contributed by atoms with van der Waals surface area (Å²) in [6.45, 7) is 16.7. The number of rotatable bonds is 40. The van der Waals surface area contributed by atoms with Crippen LogP contribution in [0.25, 0.3) is 0 Å². The lowest BCUT2D eigenvalue weighted by molar-refractivity contribution is -0.186. The Morgan fingerprint density at radius 3 is 0.547 bits per heavy atom. The second-order valence-electron chi connectivity index (χ2n) is 36.1. The highest BCUT2D eigenvalue weighted by Crippen LogP contribution is 2.69. The Kier molecular flexibility index (Phi) is 47.9. The Morgan fingerprint density at radius 1 is 0.216 bits per heavy atom. The molecule has 0 amide bonds. The van der Waals surface area contributed by atoms with Crippen LogP contribution in [0, 0.1) is 35.5 Å². The number of methoxy groups -OCH3 is 4. The predicted octanol–water partition coefficient (Wildman–Crippen LogP) is 11.7. The van der Waals surface area contributed by atoms with E-state index in [1.807, 2.05) is 0 Å². The number of ether oxygens (including phenoxy) is 16. The van der Waals surface area contributed by atoms with Crippen LogP contribution in [-0.4, -0.2) is 266 Å². The molecule has 22 unspecified atom stereocenters. The molecule has 800 valence electrons. The number of carboxylic acid groups (broad SMARTS) is 4. The molecule has 2 fully saturated rings. The minimum Gasteiger partial charge on any atom is -0.479 e. The number of carboxylic acids is 4. The first-order valence-electron chi connectivity index (χ1n) is 48.0. The molecular weight excluding hydrogens is 1930 g/mol. The molecule has 0 heterocycles. The van der Waals surface area contributed by atoms with Crippen LogP contribution in [0.15, 0.2) is 218 Å². The minimum absolute atomic E-state index is 0.332. The fraction of sp³-hybridized carbons (Fsp3) is 0.455. The number of benzene rings is 6. The quantitative estimate of drug-likeness (QED) is 0.0154. The van der Waals surface area contributed by atoms with Crippen molar-refractivity contribution in [1.82, 2.24) is 0 Å². The first kappa shape index (κ1) is 120. The number of carbonyl (C=O) groups excluding carboxylic acids is 12. The molecule has 0 radical (unpaired) electrons. The Balaban J connectivity index is 0.000000241. The van der Waals surface area contributed by atoms with Gasteiger partial charge < -0.3 is 106 Å². The van der Waals surface area contributed by atoms with E-state index in [2.05, 4.69) is 247 Å². The molecule has 15 rings (SSSR count). The third kappa shape index (κ3) is 33.8. The summed E-state index contributed by atoms with van der Waals surface area (Å²) in [4.78, 5) is 182. The Bertz CT molecular complexity index is 4890. The topological polar surface area (TPSA) is 542 Å². The molecular formula is C110H132O38.